The molecule has 0 aliphatic carbocycles. The number of piperidine rings is 1. The van der Waals surface area contributed by atoms with Crippen LogP contribution < -0.4 is 15.1 Å². The second-order valence-corrected chi connectivity index (χ2v) is 8.27. The Morgan fingerprint density at radius 1 is 1.03 bits per heavy atom. The van der Waals surface area contributed by atoms with Gasteiger partial charge >= 0.3 is 0 Å². The summed E-state index contributed by atoms with van der Waals surface area (Å²) in [4.78, 5) is 25.9. The predicted octanol–water partition coefficient (Wildman–Crippen LogP) is 1.59. The minimum absolute atomic E-state index is 0.0764. The lowest BCUT2D eigenvalue weighted by Crippen LogP contribution is -2.43. The summed E-state index contributed by atoms with van der Waals surface area (Å²) in [6.07, 6.45) is 9.08. The molecule has 0 spiro atoms. The van der Waals surface area contributed by atoms with Gasteiger partial charge in [-0.1, -0.05) is 6.07 Å². The van der Waals surface area contributed by atoms with Gasteiger partial charge in [-0.05, 0) is 43.9 Å². The predicted molar refractivity (Wildman–Crippen MR) is 119 cm³/mol. The summed E-state index contributed by atoms with van der Waals surface area (Å²) in [5.74, 6) is 2.39. The van der Waals surface area contributed by atoms with Crippen molar-refractivity contribution < 1.29 is 4.79 Å². The summed E-state index contributed by atoms with van der Waals surface area (Å²) in [5, 5.41) is 15.8. The van der Waals surface area contributed by atoms with Gasteiger partial charge in [-0.25, -0.2) is 14.6 Å². The van der Waals surface area contributed by atoms with E-state index in [-0.39, 0.29) is 11.8 Å². The zero-order valence-corrected chi connectivity index (χ0v) is 18.0. The Labute approximate surface area is 186 Å². The number of amides is 1. The molecule has 1 atom stereocenters. The van der Waals surface area contributed by atoms with Crippen molar-refractivity contribution in [3.8, 4) is 5.82 Å². The van der Waals surface area contributed by atoms with Crippen molar-refractivity contribution in [2.75, 3.05) is 36.0 Å². The van der Waals surface area contributed by atoms with E-state index in [9.17, 15) is 4.79 Å². The van der Waals surface area contributed by atoms with E-state index in [1.54, 1.807) is 11.0 Å². The highest BCUT2D eigenvalue weighted by Gasteiger charge is 2.27. The fourth-order valence-corrected chi connectivity index (χ4v) is 4.44. The summed E-state index contributed by atoms with van der Waals surface area (Å²) < 4.78 is 1.57. The highest BCUT2D eigenvalue weighted by atomic mass is 16.1. The Morgan fingerprint density at radius 3 is 2.62 bits per heavy atom. The van der Waals surface area contributed by atoms with Crippen LogP contribution in [0.15, 0.2) is 43.1 Å². The van der Waals surface area contributed by atoms with Crippen molar-refractivity contribution in [2.45, 2.75) is 32.2 Å². The number of pyridine rings is 1. The van der Waals surface area contributed by atoms with Crippen molar-refractivity contribution in [2.24, 2.45) is 5.92 Å². The number of aromatic nitrogens is 6. The fourth-order valence-electron chi connectivity index (χ4n) is 4.44. The Bertz CT molecular complexity index is 1030. The lowest BCUT2D eigenvalue weighted by Gasteiger charge is -2.32. The molecule has 0 saturated carbocycles. The molecule has 2 saturated heterocycles. The van der Waals surface area contributed by atoms with Crippen molar-refractivity contribution >= 4 is 17.5 Å². The second kappa shape index (κ2) is 9.29. The van der Waals surface area contributed by atoms with Gasteiger partial charge in [0.1, 0.15) is 18.5 Å². The molecule has 2 fully saturated rings. The van der Waals surface area contributed by atoms with Gasteiger partial charge in [-0.15, -0.1) is 10.2 Å². The van der Waals surface area contributed by atoms with Gasteiger partial charge in [0, 0.05) is 44.5 Å². The van der Waals surface area contributed by atoms with Gasteiger partial charge in [0.15, 0.2) is 11.6 Å². The SMILES string of the molecule is O=C(NCc1cccnc1N1CCCC1)C1CCCN(c2ccc(-n3cncn3)nn2)C1. The van der Waals surface area contributed by atoms with E-state index < -0.39 is 0 Å². The molecule has 2 aliphatic heterocycles. The summed E-state index contributed by atoms with van der Waals surface area (Å²) >= 11 is 0. The zero-order chi connectivity index (χ0) is 21.8. The van der Waals surface area contributed by atoms with Gasteiger partial charge < -0.3 is 15.1 Å². The lowest BCUT2D eigenvalue weighted by atomic mass is 9.97. The number of carbonyl (C=O) groups excluding carboxylic acids is 1. The maximum absolute atomic E-state index is 13.0. The average molecular weight is 434 g/mol. The summed E-state index contributed by atoms with van der Waals surface area (Å²) in [6, 6.07) is 7.77. The molecule has 0 radical (unpaired) electrons. The van der Waals surface area contributed by atoms with Crippen LogP contribution in [0.5, 0.6) is 0 Å². The third kappa shape index (κ3) is 4.39. The van der Waals surface area contributed by atoms with Crippen molar-refractivity contribution in [1.29, 1.82) is 0 Å². The van der Waals surface area contributed by atoms with E-state index in [1.807, 2.05) is 24.4 Å². The largest absolute Gasteiger partial charge is 0.356 e. The van der Waals surface area contributed by atoms with E-state index in [0.717, 1.165) is 49.7 Å². The number of hydrogen-bond donors (Lipinski definition) is 1. The van der Waals surface area contributed by atoms with Gasteiger partial charge in [0.05, 0.1) is 5.92 Å². The van der Waals surface area contributed by atoms with Crippen molar-refractivity contribution in [1.82, 2.24) is 35.3 Å². The number of anilines is 2. The first-order valence-corrected chi connectivity index (χ1v) is 11.2. The molecule has 5 rings (SSSR count). The van der Waals surface area contributed by atoms with Crippen LogP contribution in [0.4, 0.5) is 11.6 Å². The molecule has 10 nitrogen and oxygen atoms in total. The Hall–Kier alpha value is -3.56. The molecule has 1 amide bonds. The fraction of sp³-hybridized carbons (Fsp3) is 0.455. The quantitative estimate of drug-likeness (QED) is 0.625. The molecule has 32 heavy (non-hydrogen) atoms. The highest BCUT2D eigenvalue weighted by molar-refractivity contribution is 5.79. The van der Waals surface area contributed by atoms with E-state index >= 15 is 0 Å². The Kier molecular flexibility index (Phi) is 5.91. The van der Waals surface area contributed by atoms with E-state index in [2.05, 4.69) is 46.4 Å². The van der Waals surface area contributed by atoms with Gasteiger partial charge in [0.2, 0.25) is 5.91 Å². The van der Waals surface area contributed by atoms with E-state index in [0.29, 0.717) is 18.9 Å². The molecule has 0 bridgehead atoms. The third-order valence-corrected chi connectivity index (χ3v) is 6.13. The maximum atomic E-state index is 13.0. The van der Waals surface area contributed by atoms with Crippen LogP contribution in [-0.4, -0.2) is 62.0 Å². The molecule has 0 aromatic carbocycles. The van der Waals surface area contributed by atoms with Crippen LogP contribution in [0, 0.1) is 5.92 Å². The first-order valence-electron chi connectivity index (χ1n) is 11.2. The molecule has 3 aromatic heterocycles. The van der Waals surface area contributed by atoms with Crippen LogP contribution in [-0.2, 0) is 11.3 Å². The van der Waals surface area contributed by atoms with Gasteiger partial charge in [-0.2, -0.15) is 5.10 Å². The average Bonchev–Trinajstić information content (AvgIpc) is 3.58. The lowest BCUT2D eigenvalue weighted by molar-refractivity contribution is -0.125. The minimum Gasteiger partial charge on any atom is -0.356 e. The second-order valence-electron chi connectivity index (χ2n) is 8.27. The Morgan fingerprint density at radius 2 is 1.84 bits per heavy atom. The van der Waals surface area contributed by atoms with Crippen molar-refractivity contribution in [3.63, 3.8) is 0 Å². The Balaban J connectivity index is 1.20. The topological polar surface area (TPSA) is 105 Å². The number of rotatable bonds is 6. The number of hydrogen-bond acceptors (Lipinski definition) is 8. The molecular weight excluding hydrogens is 406 g/mol. The normalized spacial score (nSPS) is 18.7. The van der Waals surface area contributed by atoms with Crippen LogP contribution in [0.25, 0.3) is 5.82 Å². The first kappa shape index (κ1) is 20.3. The summed E-state index contributed by atoms with van der Waals surface area (Å²) in [6.45, 7) is 4.07. The molecule has 10 heteroatoms. The van der Waals surface area contributed by atoms with E-state index in [1.165, 1.54) is 19.2 Å². The minimum atomic E-state index is -0.0764. The molecule has 3 aromatic rings. The molecule has 1 unspecified atom stereocenters. The molecular formula is C22H27N9O. The van der Waals surface area contributed by atoms with Gasteiger partial charge in [0.25, 0.3) is 0 Å². The van der Waals surface area contributed by atoms with Crippen molar-refractivity contribution in [3.05, 3.63) is 48.7 Å². The molecule has 1 N–H and O–H groups in total. The van der Waals surface area contributed by atoms with E-state index in [4.69, 9.17) is 0 Å². The zero-order valence-electron chi connectivity index (χ0n) is 18.0. The third-order valence-electron chi connectivity index (χ3n) is 6.13. The number of carbonyl (C=O) groups is 1. The smallest absolute Gasteiger partial charge is 0.225 e. The first-order chi connectivity index (χ1) is 15.8. The monoisotopic (exact) mass is 433 g/mol. The maximum Gasteiger partial charge on any atom is 0.225 e. The van der Waals surface area contributed by atoms with Gasteiger partial charge in [-0.3, -0.25) is 4.79 Å². The van der Waals surface area contributed by atoms with Crippen LogP contribution in [0.2, 0.25) is 0 Å². The standard InChI is InChI=1S/C22H27N9O/c32-22(25-13-17-5-3-9-24-21(17)29-10-1-2-11-29)18-6-4-12-30(14-18)19-7-8-20(28-27-19)31-16-23-15-26-31/h3,5,7-9,15-16,18H,1-2,4,6,10-14H2,(H,25,32). The van der Waals surface area contributed by atoms with Crippen LogP contribution in [0.3, 0.4) is 0 Å². The number of nitrogens with zero attached hydrogens (tertiary/aromatic N) is 8. The molecule has 5 heterocycles. The summed E-state index contributed by atoms with van der Waals surface area (Å²) in [5.41, 5.74) is 1.07. The van der Waals surface area contributed by atoms with Crippen LogP contribution >= 0.6 is 0 Å². The number of nitrogens with one attached hydrogen (secondary N) is 1. The highest BCUT2D eigenvalue weighted by Crippen LogP contribution is 2.24. The molecule has 166 valence electrons. The van der Waals surface area contributed by atoms with Crippen LogP contribution in [0.1, 0.15) is 31.2 Å². The summed E-state index contributed by atoms with van der Waals surface area (Å²) in [7, 11) is 0. The molecule has 2 aliphatic rings.